The Balaban J connectivity index is 2.05. The lowest BCUT2D eigenvalue weighted by atomic mass is 10.3. The molecule has 0 bridgehead atoms. The standard InChI is InChI=1S/C14H16N2O3/c1-15-7-3-5-11(13(15)17)9-19-10-12-6-4-8-16(2)14(12)18/h3-8H,9-10H2,1-2H3. The first-order valence-corrected chi connectivity index (χ1v) is 5.96. The first-order valence-electron chi connectivity index (χ1n) is 5.96. The van der Waals surface area contributed by atoms with E-state index in [1.807, 2.05) is 0 Å². The van der Waals surface area contributed by atoms with Crippen LogP contribution in [0.15, 0.2) is 46.2 Å². The molecule has 0 aliphatic carbocycles. The molecule has 0 amide bonds. The van der Waals surface area contributed by atoms with Crippen LogP contribution in [0.5, 0.6) is 0 Å². The Morgan fingerprint density at radius 2 is 1.32 bits per heavy atom. The molecule has 5 heteroatoms. The SMILES string of the molecule is Cn1cccc(COCc2cccn(C)c2=O)c1=O. The van der Waals surface area contributed by atoms with E-state index in [2.05, 4.69) is 0 Å². The number of hydrogen-bond acceptors (Lipinski definition) is 3. The Morgan fingerprint density at radius 3 is 1.74 bits per heavy atom. The van der Waals surface area contributed by atoms with Crippen molar-refractivity contribution in [3.8, 4) is 0 Å². The zero-order valence-corrected chi connectivity index (χ0v) is 11.0. The quantitative estimate of drug-likeness (QED) is 0.817. The van der Waals surface area contributed by atoms with Gasteiger partial charge in [-0.3, -0.25) is 9.59 Å². The second kappa shape index (κ2) is 5.67. The van der Waals surface area contributed by atoms with E-state index < -0.39 is 0 Å². The van der Waals surface area contributed by atoms with Crippen molar-refractivity contribution in [1.29, 1.82) is 0 Å². The van der Waals surface area contributed by atoms with Crippen LogP contribution in [0.1, 0.15) is 11.1 Å². The van der Waals surface area contributed by atoms with Gasteiger partial charge in [-0.1, -0.05) is 0 Å². The van der Waals surface area contributed by atoms with Gasteiger partial charge < -0.3 is 13.9 Å². The van der Waals surface area contributed by atoms with E-state index in [-0.39, 0.29) is 24.3 Å². The van der Waals surface area contributed by atoms with E-state index in [1.165, 1.54) is 9.13 Å². The molecule has 0 unspecified atom stereocenters. The van der Waals surface area contributed by atoms with Gasteiger partial charge in [0.05, 0.1) is 13.2 Å². The highest BCUT2D eigenvalue weighted by Gasteiger charge is 2.04. The molecule has 0 aromatic carbocycles. The Kier molecular flexibility index (Phi) is 3.97. The van der Waals surface area contributed by atoms with Gasteiger partial charge in [0.1, 0.15) is 0 Å². The van der Waals surface area contributed by atoms with E-state index in [9.17, 15) is 9.59 Å². The van der Waals surface area contributed by atoms with Crippen molar-refractivity contribution >= 4 is 0 Å². The smallest absolute Gasteiger partial charge is 0.255 e. The summed E-state index contributed by atoms with van der Waals surface area (Å²) in [6.45, 7) is 0.400. The van der Waals surface area contributed by atoms with Crippen molar-refractivity contribution in [2.45, 2.75) is 13.2 Å². The minimum atomic E-state index is -0.0801. The topological polar surface area (TPSA) is 53.2 Å². The molecule has 2 aromatic heterocycles. The van der Waals surface area contributed by atoms with Crippen molar-refractivity contribution in [3.63, 3.8) is 0 Å². The normalized spacial score (nSPS) is 10.6. The molecule has 2 rings (SSSR count). The number of hydrogen-bond donors (Lipinski definition) is 0. The number of aromatic nitrogens is 2. The summed E-state index contributed by atoms with van der Waals surface area (Å²) in [5, 5.41) is 0. The third-order valence-electron chi connectivity index (χ3n) is 2.92. The zero-order valence-electron chi connectivity index (χ0n) is 11.0. The third kappa shape index (κ3) is 3.00. The van der Waals surface area contributed by atoms with E-state index in [0.717, 1.165) is 0 Å². The molecular formula is C14H16N2O3. The molecule has 100 valence electrons. The molecular weight excluding hydrogens is 244 g/mol. The highest BCUT2D eigenvalue weighted by molar-refractivity contribution is 5.10. The molecule has 2 heterocycles. The second-order valence-corrected chi connectivity index (χ2v) is 4.39. The maximum atomic E-state index is 11.7. The molecule has 0 saturated carbocycles. The second-order valence-electron chi connectivity index (χ2n) is 4.39. The summed E-state index contributed by atoms with van der Waals surface area (Å²) in [5.41, 5.74) is 1.00. The number of pyridine rings is 2. The molecule has 19 heavy (non-hydrogen) atoms. The maximum absolute atomic E-state index is 11.7. The predicted molar refractivity (Wildman–Crippen MR) is 71.9 cm³/mol. The van der Waals surface area contributed by atoms with Crippen LogP contribution >= 0.6 is 0 Å². The third-order valence-corrected chi connectivity index (χ3v) is 2.92. The number of ether oxygens (including phenoxy) is 1. The van der Waals surface area contributed by atoms with Gasteiger partial charge in [0.15, 0.2) is 0 Å². The van der Waals surface area contributed by atoms with Gasteiger partial charge >= 0.3 is 0 Å². The van der Waals surface area contributed by atoms with E-state index in [1.54, 1.807) is 50.8 Å². The summed E-state index contributed by atoms with van der Waals surface area (Å²) in [6, 6.07) is 7.04. The monoisotopic (exact) mass is 260 g/mol. The van der Waals surface area contributed by atoms with Gasteiger partial charge in [-0.15, -0.1) is 0 Å². The van der Waals surface area contributed by atoms with Gasteiger partial charge in [0, 0.05) is 37.6 Å². The Bertz CT molecular complexity index is 626. The van der Waals surface area contributed by atoms with Crippen molar-refractivity contribution in [3.05, 3.63) is 68.5 Å². The van der Waals surface area contributed by atoms with Crippen LogP contribution in [0.2, 0.25) is 0 Å². The van der Waals surface area contributed by atoms with Crippen molar-refractivity contribution in [1.82, 2.24) is 9.13 Å². The largest absolute Gasteiger partial charge is 0.372 e. The lowest BCUT2D eigenvalue weighted by Crippen LogP contribution is -2.22. The maximum Gasteiger partial charge on any atom is 0.255 e. The first-order chi connectivity index (χ1) is 9.09. The highest BCUT2D eigenvalue weighted by Crippen LogP contribution is 1.99. The molecule has 0 N–H and O–H groups in total. The Labute approximate surface area is 110 Å². The summed E-state index contributed by atoms with van der Waals surface area (Å²) in [4.78, 5) is 23.5. The van der Waals surface area contributed by atoms with Crippen molar-refractivity contribution in [2.75, 3.05) is 0 Å². The van der Waals surface area contributed by atoms with Crippen molar-refractivity contribution in [2.24, 2.45) is 14.1 Å². The van der Waals surface area contributed by atoms with Gasteiger partial charge in [-0.05, 0) is 24.3 Å². The van der Waals surface area contributed by atoms with Crippen LogP contribution in [0.3, 0.4) is 0 Å². The molecule has 0 aliphatic heterocycles. The molecule has 0 radical (unpaired) electrons. The van der Waals surface area contributed by atoms with Gasteiger partial charge in [0.25, 0.3) is 11.1 Å². The fourth-order valence-corrected chi connectivity index (χ4v) is 1.80. The minimum absolute atomic E-state index is 0.0801. The van der Waals surface area contributed by atoms with Crippen LogP contribution < -0.4 is 11.1 Å². The summed E-state index contributed by atoms with van der Waals surface area (Å²) < 4.78 is 8.45. The molecule has 0 aliphatic rings. The average Bonchev–Trinajstić information content (AvgIpc) is 2.39. The van der Waals surface area contributed by atoms with Gasteiger partial charge in [-0.2, -0.15) is 0 Å². The van der Waals surface area contributed by atoms with E-state index in [0.29, 0.717) is 11.1 Å². The Hall–Kier alpha value is -2.14. The van der Waals surface area contributed by atoms with E-state index in [4.69, 9.17) is 4.74 Å². The van der Waals surface area contributed by atoms with Crippen LogP contribution in [0.25, 0.3) is 0 Å². The number of rotatable bonds is 4. The van der Waals surface area contributed by atoms with Crippen molar-refractivity contribution < 1.29 is 4.74 Å². The Morgan fingerprint density at radius 1 is 0.895 bits per heavy atom. The fraction of sp³-hybridized carbons (Fsp3) is 0.286. The summed E-state index contributed by atoms with van der Waals surface area (Å²) >= 11 is 0. The summed E-state index contributed by atoms with van der Waals surface area (Å²) in [6.07, 6.45) is 3.39. The fourth-order valence-electron chi connectivity index (χ4n) is 1.80. The molecule has 5 nitrogen and oxygen atoms in total. The van der Waals surface area contributed by atoms with Crippen LogP contribution in [0, 0.1) is 0 Å². The van der Waals surface area contributed by atoms with Crippen LogP contribution in [0.4, 0.5) is 0 Å². The number of nitrogens with zero attached hydrogens (tertiary/aromatic N) is 2. The summed E-state index contributed by atoms with van der Waals surface area (Å²) in [5.74, 6) is 0. The highest BCUT2D eigenvalue weighted by atomic mass is 16.5. The molecule has 0 spiro atoms. The van der Waals surface area contributed by atoms with Crippen LogP contribution in [-0.4, -0.2) is 9.13 Å². The summed E-state index contributed by atoms with van der Waals surface area (Å²) in [7, 11) is 3.39. The molecule has 0 atom stereocenters. The molecule has 2 aromatic rings. The van der Waals surface area contributed by atoms with Crippen LogP contribution in [-0.2, 0) is 32.0 Å². The van der Waals surface area contributed by atoms with Gasteiger partial charge in [0.2, 0.25) is 0 Å². The average molecular weight is 260 g/mol. The predicted octanol–water partition coefficient (Wildman–Crippen LogP) is 0.801. The van der Waals surface area contributed by atoms with E-state index >= 15 is 0 Å². The molecule has 0 fully saturated rings. The molecule has 0 saturated heterocycles. The number of aryl methyl sites for hydroxylation is 2. The van der Waals surface area contributed by atoms with Gasteiger partial charge in [-0.25, -0.2) is 0 Å². The lowest BCUT2D eigenvalue weighted by molar-refractivity contribution is 0.105. The lowest BCUT2D eigenvalue weighted by Gasteiger charge is -2.06. The first kappa shape index (κ1) is 13.3. The minimum Gasteiger partial charge on any atom is -0.372 e. The zero-order chi connectivity index (χ0) is 13.8.